The standard InChI is InChI=1S/Au.H3N.H2O3S2/c;;1-5(2,3)4/h;1H3;(H2,1,2,3,4)/q+1;;/p-1. The molecule has 0 bridgehead atoms. The molecule has 0 rings (SSSR count). The molecule has 0 heterocycles. The Labute approximate surface area is 62.1 Å². The third-order valence-corrected chi connectivity index (χ3v) is 0. The first-order valence-electron chi connectivity index (χ1n) is 0.667. The largest absolute Gasteiger partial charge is 1.00 e. The van der Waals surface area contributed by atoms with Crippen LogP contribution in [0.15, 0.2) is 0 Å². The molecule has 0 amide bonds. The van der Waals surface area contributed by atoms with Crippen LogP contribution in [0, 0.1) is 0 Å². The Hall–Kier alpha value is 0.990. The number of quaternary nitrogens is 1. The Kier molecular flexibility index (Phi) is 11.5. The fraction of sp³-hybridized carbons (Fsp3) is 0. The Morgan fingerprint density at radius 3 is 1.43 bits per heavy atom. The molecule has 0 atom stereocenters. The Morgan fingerprint density at radius 1 is 1.43 bits per heavy atom. The smallest absolute Gasteiger partial charge is 0.780 e. The molecule has 0 unspecified atom stereocenters. The van der Waals surface area contributed by atoms with Crippen LogP contribution in [0.3, 0.4) is 0 Å². The molecule has 4 N–H and O–H groups in total. The van der Waals surface area contributed by atoms with Crippen molar-refractivity contribution in [3.05, 3.63) is 0 Å². The monoisotopic (exact) mass is 327 g/mol. The first kappa shape index (κ1) is 15.7. The van der Waals surface area contributed by atoms with Gasteiger partial charge in [0.1, 0.15) is 0 Å². The van der Waals surface area contributed by atoms with Crippen molar-refractivity contribution < 1.29 is 35.7 Å². The van der Waals surface area contributed by atoms with Gasteiger partial charge in [0, 0.05) is 0 Å². The topological polar surface area (TPSA) is 99.7 Å². The minimum absolute atomic E-state index is 0. The summed E-state index contributed by atoms with van der Waals surface area (Å²) in [6.45, 7) is 0. The Balaban J connectivity index is -0.0000000800. The molecule has 7 heteroatoms. The van der Waals surface area contributed by atoms with E-state index in [9.17, 15) is 0 Å². The summed E-state index contributed by atoms with van der Waals surface area (Å²) in [4.78, 5) is 0. The summed E-state index contributed by atoms with van der Waals surface area (Å²) in [7, 11) is -4.33. The fourth-order valence-electron chi connectivity index (χ4n) is 0. The number of rotatable bonds is 0. The first-order chi connectivity index (χ1) is 2.00. The van der Waals surface area contributed by atoms with Crippen molar-refractivity contribution >= 4 is 20.2 Å². The summed E-state index contributed by atoms with van der Waals surface area (Å²) >= 11 is 3.24. The summed E-state index contributed by atoms with van der Waals surface area (Å²) in [5.41, 5.74) is 0. The van der Waals surface area contributed by atoms with Gasteiger partial charge < -0.3 is 15.3 Å². The Bertz CT molecular complexity index is 96.1. The molecule has 4 nitrogen and oxygen atoms in total. The second-order valence-electron chi connectivity index (χ2n) is 0.408. The second kappa shape index (κ2) is 5.13. The van der Waals surface area contributed by atoms with E-state index in [0.29, 0.717) is 0 Å². The van der Waals surface area contributed by atoms with Gasteiger partial charge in [0.25, 0.3) is 0 Å². The minimum Gasteiger partial charge on any atom is -0.780 e. The molecule has 7 heavy (non-hydrogen) atoms. The van der Waals surface area contributed by atoms with Crippen molar-refractivity contribution in [2.24, 2.45) is 0 Å². The fourth-order valence-corrected chi connectivity index (χ4v) is 0. The van der Waals surface area contributed by atoms with Gasteiger partial charge >= 0.3 is 22.4 Å². The van der Waals surface area contributed by atoms with E-state index in [1.807, 2.05) is 0 Å². The molecule has 0 aromatic heterocycles. The summed E-state index contributed by atoms with van der Waals surface area (Å²) in [5, 5.41) is 0. The van der Waals surface area contributed by atoms with Crippen LogP contribution in [-0.4, -0.2) is 13.3 Å². The van der Waals surface area contributed by atoms with Gasteiger partial charge in [-0.1, -0.05) is 0 Å². The zero-order valence-electron chi connectivity index (χ0n) is 3.34. The average molecular weight is 327 g/mol. The molecule has 0 fully saturated rings. The van der Waals surface area contributed by atoms with Crippen molar-refractivity contribution in [3.8, 4) is 0 Å². The number of hydrogen-bond donors (Lipinski definition) is 1. The van der Waals surface area contributed by atoms with Gasteiger partial charge in [0.05, 0.1) is 0 Å². The van der Waals surface area contributed by atoms with Crippen molar-refractivity contribution in [1.82, 2.24) is 6.15 Å². The minimum atomic E-state index is -4.33. The van der Waals surface area contributed by atoms with Gasteiger partial charge in [0.2, 0.25) is 0 Å². The van der Waals surface area contributed by atoms with Crippen molar-refractivity contribution in [2.45, 2.75) is 0 Å². The van der Waals surface area contributed by atoms with Crippen LogP contribution in [0.5, 0.6) is 0 Å². The molecule has 50 valence electrons. The van der Waals surface area contributed by atoms with Crippen LogP contribution < -0.4 is 6.15 Å². The van der Waals surface area contributed by atoms with Crippen LogP contribution in [0.4, 0.5) is 0 Å². The quantitative estimate of drug-likeness (QED) is 0.599. The molecule has 0 aliphatic carbocycles. The third-order valence-electron chi connectivity index (χ3n) is 0. The second-order valence-corrected chi connectivity index (χ2v) is 2.45. The predicted octanol–water partition coefficient (Wildman–Crippen LogP) is -0.633. The van der Waals surface area contributed by atoms with Gasteiger partial charge in [-0.25, -0.2) is 0 Å². The average Bonchev–Trinajstić information content (AvgIpc) is 0.722. The van der Waals surface area contributed by atoms with Crippen LogP contribution in [0.2, 0.25) is 0 Å². The molecular formula is H4AuNO3S2. The Morgan fingerprint density at radius 2 is 1.43 bits per heavy atom. The van der Waals surface area contributed by atoms with Gasteiger partial charge in [-0.2, -0.15) is 0 Å². The van der Waals surface area contributed by atoms with E-state index >= 15 is 0 Å². The molecule has 0 aromatic carbocycles. The van der Waals surface area contributed by atoms with Crippen molar-refractivity contribution in [1.29, 1.82) is 0 Å². The van der Waals surface area contributed by atoms with Crippen LogP contribution in [-0.2, 0) is 42.6 Å². The van der Waals surface area contributed by atoms with E-state index in [2.05, 4.69) is 11.2 Å². The van der Waals surface area contributed by atoms with E-state index in [1.165, 1.54) is 0 Å². The molecule has 0 aliphatic heterocycles. The molecule has 0 saturated carbocycles. The zero-order chi connectivity index (χ0) is 4.50. The first-order valence-corrected chi connectivity index (χ1v) is 3.00. The van der Waals surface area contributed by atoms with Crippen LogP contribution in [0.25, 0.3) is 0 Å². The van der Waals surface area contributed by atoms with E-state index in [0.717, 1.165) is 0 Å². The molecular weight excluding hydrogens is 323 g/mol. The van der Waals surface area contributed by atoms with E-state index < -0.39 is 9.05 Å². The molecule has 0 aromatic rings. The SMILES string of the molecule is O=S([O-])([O-])=S.[Au+].[NH4+]. The molecule has 0 radical (unpaired) electrons. The maximum absolute atomic E-state index is 8.89. The normalized spacial score (nSPS) is 8.29. The molecule has 0 spiro atoms. The zero-order valence-corrected chi connectivity index (χ0v) is 7.14. The predicted molar refractivity (Wildman–Crippen MR) is 23.0 cm³/mol. The summed E-state index contributed by atoms with van der Waals surface area (Å²) in [5.74, 6) is 0. The third kappa shape index (κ3) is 178. The number of hydrogen-bond acceptors (Lipinski definition) is 4. The van der Waals surface area contributed by atoms with Crippen LogP contribution >= 0.6 is 0 Å². The summed E-state index contributed by atoms with van der Waals surface area (Å²) in [6.07, 6.45) is 0. The summed E-state index contributed by atoms with van der Waals surface area (Å²) < 4.78 is 26.7. The van der Waals surface area contributed by atoms with E-state index in [-0.39, 0.29) is 28.5 Å². The maximum Gasteiger partial charge on any atom is 1.00 e. The molecule has 0 saturated heterocycles. The van der Waals surface area contributed by atoms with E-state index in [1.54, 1.807) is 0 Å². The van der Waals surface area contributed by atoms with Gasteiger partial charge in [-0.3, -0.25) is 4.21 Å². The van der Waals surface area contributed by atoms with E-state index in [4.69, 9.17) is 13.3 Å². The van der Waals surface area contributed by atoms with Crippen molar-refractivity contribution in [3.63, 3.8) is 0 Å². The maximum atomic E-state index is 8.89. The van der Waals surface area contributed by atoms with Crippen LogP contribution in [0.1, 0.15) is 0 Å². The van der Waals surface area contributed by atoms with Gasteiger partial charge in [-0.15, -0.1) is 9.05 Å². The summed E-state index contributed by atoms with van der Waals surface area (Å²) in [6, 6.07) is 0. The van der Waals surface area contributed by atoms with Gasteiger partial charge in [0.15, 0.2) is 0 Å². The van der Waals surface area contributed by atoms with Gasteiger partial charge in [-0.05, 0) is 11.2 Å². The van der Waals surface area contributed by atoms with Crippen molar-refractivity contribution in [2.75, 3.05) is 0 Å². The molecule has 0 aliphatic rings.